The molecular weight excluding hydrogens is 295 g/mol. The second kappa shape index (κ2) is 8.65. The number of benzene rings is 1. The van der Waals surface area contributed by atoms with Gasteiger partial charge in [-0.05, 0) is 17.7 Å². The summed E-state index contributed by atoms with van der Waals surface area (Å²) in [7, 11) is 0. The lowest BCUT2D eigenvalue weighted by Gasteiger charge is -2.42. The average molecular weight is 328 g/mol. The molecule has 0 nitrogen and oxygen atoms in total. The van der Waals surface area contributed by atoms with Crippen molar-refractivity contribution in [3.05, 3.63) is 29.8 Å². The second-order valence-corrected chi connectivity index (χ2v) is 9.10. The molecule has 2 aliphatic heterocycles. The highest BCUT2D eigenvalue weighted by atomic mass is 32.2. The molecule has 3 rings (SSSR count). The number of thioether (sulfide) groups is 1. The van der Waals surface area contributed by atoms with Crippen molar-refractivity contribution in [2.24, 2.45) is 0 Å². The van der Waals surface area contributed by atoms with Crippen molar-refractivity contribution in [3.8, 4) is 0 Å². The standard InChI is InChI=1S/C21H33BS/c1-3-5-16-21(23-4-2)19-14-6-7-15-20(19)22-17-10-8-11-18(22)13-9-12-17/h6-7,14-15,17-18,21H,3-5,8-13,16H2,1-2H3. The highest BCUT2D eigenvalue weighted by Gasteiger charge is 2.41. The number of rotatable bonds is 7. The molecule has 2 bridgehead atoms. The van der Waals surface area contributed by atoms with Crippen LogP contribution in [0.3, 0.4) is 0 Å². The van der Waals surface area contributed by atoms with Crippen molar-refractivity contribution in [2.45, 2.75) is 88.5 Å². The van der Waals surface area contributed by atoms with Crippen LogP contribution in [0.4, 0.5) is 0 Å². The smallest absolute Gasteiger partial charge is 0.154 e. The molecule has 1 aromatic carbocycles. The Hall–Kier alpha value is -0.365. The summed E-state index contributed by atoms with van der Waals surface area (Å²) in [6.07, 6.45) is 12.9. The van der Waals surface area contributed by atoms with E-state index in [4.69, 9.17) is 0 Å². The van der Waals surface area contributed by atoms with Gasteiger partial charge in [0.1, 0.15) is 0 Å². The SMILES string of the molecule is CCCCC(SCC)c1ccccc1B1C2CCCC1CCC2. The Labute approximate surface area is 148 Å². The summed E-state index contributed by atoms with van der Waals surface area (Å²) >= 11 is 2.18. The molecule has 2 fully saturated rings. The van der Waals surface area contributed by atoms with Crippen LogP contribution < -0.4 is 5.46 Å². The Bertz CT molecular complexity index is 464. The summed E-state index contributed by atoms with van der Waals surface area (Å²) in [6, 6.07) is 9.54. The Morgan fingerprint density at radius 3 is 2.30 bits per heavy atom. The minimum Gasteiger partial charge on any atom is -0.154 e. The maximum absolute atomic E-state index is 2.49. The zero-order valence-electron chi connectivity index (χ0n) is 15.1. The van der Waals surface area contributed by atoms with Gasteiger partial charge in [-0.15, -0.1) is 0 Å². The van der Waals surface area contributed by atoms with E-state index in [9.17, 15) is 0 Å². The van der Waals surface area contributed by atoms with Crippen LogP contribution in [-0.2, 0) is 0 Å². The summed E-state index contributed by atoms with van der Waals surface area (Å²) in [5.41, 5.74) is 3.43. The van der Waals surface area contributed by atoms with E-state index in [0.717, 1.165) is 23.6 Å². The highest BCUT2D eigenvalue weighted by Crippen LogP contribution is 2.47. The summed E-state index contributed by atoms with van der Waals surface area (Å²) in [5.74, 6) is 3.18. The Balaban J connectivity index is 1.89. The third-order valence-corrected chi connectivity index (χ3v) is 7.43. The van der Waals surface area contributed by atoms with Crippen LogP contribution in [0.15, 0.2) is 24.3 Å². The normalized spacial score (nSPS) is 25.4. The molecule has 0 aliphatic carbocycles. The Kier molecular flexibility index (Phi) is 6.57. The molecule has 0 spiro atoms. The van der Waals surface area contributed by atoms with Crippen LogP contribution in [0.1, 0.15) is 82.4 Å². The van der Waals surface area contributed by atoms with Gasteiger partial charge in [-0.25, -0.2) is 0 Å². The predicted molar refractivity (Wildman–Crippen MR) is 107 cm³/mol. The van der Waals surface area contributed by atoms with Gasteiger partial charge >= 0.3 is 0 Å². The summed E-state index contributed by atoms with van der Waals surface area (Å²) < 4.78 is 0. The van der Waals surface area contributed by atoms with Crippen LogP contribution in [0.2, 0.25) is 11.6 Å². The van der Waals surface area contributed by atoms with Crippen molar-refractivity contribution in [1.82, 2.24) is 0 Å². The molecule has 1 unspecified atom stereocenters. The predicted octanol–water partition coefficient (Wildman–Crippen LogP) is 6.48. The molecule has 2 heterocycles. The number of hydrogen-bond acceptors (Lipinski definition) is 1. The molecule has 0 amide bonds. The van der Waals surface area contributed by atoms with Crippen LogP contribution in [0.5, 0.6) is 0 Å². The van der Waals surface area contributed by atoms with E-state index in [1.165, 1.54) is 63.5 Å². The molecule has 2 saturated heterocycles. The third kappa shape index (κ3) is 4.01. The zero-order valence-corrected chi connectivity index (χ0v) is 15.9. The average Bonchev–Trinajstić information content (AvgIpc) is 2.58. The van der Waals surface area contributed by atoms with Gasteiger partial charge < -0.3 is 0 Å². The number of fused-ring (bicyclic) bond motifs is 2. The van der Waals surface area contributed by atoms with E-state index < -0.39 is 0 Å². The van der Waals surface area contributed by atoms with Gasteiger partial charge in [0, 0.05) is 5.25 Å². The molecule has 126 valence electrons. The largest absolute Gasteiger partial charge is 0.182 e. The van der Waals surface area contributed by atoms with Crippen molar-refractivity contribution < 1.29 is 0 Å². The zero-order chi connectivity index (χ0) is 16.1. The van der Waals surface area contributed by atoms with Crippen LogP contribution in [0, 0.1) is 0 Å². The first kappa shape index (κ1) is 17.5. The minimum atomic E-state index is 0.721. The maximum Gasteiger partial charge on any atom is 0.182 e. The maximum atomic E-state index is 2.49. The van der Waals surface area contributed by atoms with Gasteiger partial charge in [0.05, 0.1) is 0 Å². The topological polar surface area (TPSA) is 0 Å². The second-order valence-electron chi connectivity index (χ2n) is 7.62. The lowest BCUT2D eigenvalue weighted by Crippen LogP contribution is -2.46. The van der Waals surface area contributed by atoms with Crippen LogP contribution >= 0.6 is 11.8 Å². The highest BCUT2D eigenvalue weighted by molar-refractivity contribution is 7.99. The monoisotopic (exact) mass is 328 g/mol. The van der Waals surface area contributed by atoms with Gasteiger partial charge in [0.25, 0.3) is 0 Å². The van der Waals surface area contributed by atoms with Crippen LogP contribution in [0.25, 0.3) is 0 Å². The van der Waals surface area contributed by atoms with Gasteiger partial charge in [-0.2, -0.15) is 11.8 Å². The Morgan fingerprint density at radius 2 is 1.70 bits per heavy atom. The van der Waals surface area contributed by atoms with Gasteiger partial charge in [-0.1, -0.05) is 107 Å². The first-order valence-electron chi connectivity index (χ1n) is 10.1. The molecule has 0 saturated carbocycles. The fraction of sp³-hybridized carbons (Fsp3) is 0.714. The molecule has 23 heavy (non-hydrogen) atoms. The van der Waals surface area contributed by atoms with E-state index in [0.29, 0.717) is 0 Å². The van der Waals surface area contributed by atoms with E-state index in [1.807, 2.05) is 0 Å². The van der Waals surface area contributed by atoms with Crippen molar-refractivity contribution in [3.63, 3.8) is 0 Å². The van der Waals surface area contributed by atoms with Gasteiger partial charge in [0.2, 0.25) is 0 Å². The first-order valence-corrected chi connectivity index (χ1v) is 11.1. The molecule has 0 radical (unpaired) electrons. The number of hydrogen-bond donors (Lipinski definition) is 0. The quantitative estimate of drug-likeness (QED) is 0.516. The molecule has 1 atom stereocenters. The minimum absolute atomic E-state index is 0.721. The van der Waals surface area contributed by atoms with E-state index in [1.54, 1.807) is 11.0 Å². The van der Waals surface area contributed by atoms with E-state index in [2.05, 4.69) is 49.9 Å². The molecule has 1 aromatic rings. The van der Waals surface area contributed by atoms with Crippen molar-refractivity contribution >= 4 is 23.9 Å². The Morgan fingerprint density at radius 1 is 1.04 bits per heavy atom. The molecule has 0 N–H and O–H groups in total. The summed E-state index contributed by atoms with van der Waals surface area (Å²) in [6.45, 7) is 5.52. The third-order valence-electron chi connectivity index (χ3n) is 6.21. The molecule has 2 heteroatoms. The molecular formula is C21H33BS. The van der Waals surface area contributed by atoms with E-state index >= 15 is 0 Å². The van der Waals surface area contributed by atoms with Gasteiger partial charge in [-0.3, -0.25) is 0 Å². The fourth-order valence-electron chi connectivity index (χ4n) is 5.21. The number of unbranched alkanes of at least 4 members (excludes halogenated alkanes) is 1. The van der Waals surface area contributed by atoms with Crippen molar-refractivity contribution in [1.29, 1.82) is 0 Å². The lowest BCUT2D eigenvalue weighted by atomic mass is 9.24. The van der Waals surface area contributed by atoms with Crippen LogP contribution in [-0.4, -0.2) is 12.5 Å². The fourth-order valence-corrected chi connectivity index (χ4v) is 6.34. The van der Waals surface area contributed by atoms with Crippen molar-refractivity contribution in [2.75, 3.05) is 5.75 Å². The molecule has 0 aromatic heterocycles. The molecule has 2 aliphatic rings. The summed E-state index contributed by atoms with van der Waals surface area (Å²) in [4.78, 5) is 0. The summed E-state index contributed by atoms with van der Waals surface area (Å²) in [5, 5.41) is 0.721. The van der Waals surface area contributed by atoms with E-state index in [-0.39, 0.29) is 0 Å². The first-order chi connectivity index (χ1) is 11.3. The lowest BCUT2D eigenvalue weighted by molar-refractivity contribution is 0.448. The van der Waals surface area contributed by atoms with Gasteiger partial charge in [0.15, 0.2) is 6.71 Å².